The van der Waals surface area contributed by atoms with Crippen LogP contribution >= 0.6 is 0 Å². The van der Waals surface area contributed by atoms with Crippen LogP contribution < -0.4 is 10.2 Å². The third-order valence-electron chi connectivity index (χ3n) is 4.49. The zero-order chi connectivity index (χ0) is 19.9. The zero-order valence-corrected chi connectivity index (χ0v) is 16.0. The molecule has 1 aromatic heterocycles. The molecule has 3 aromatic rings. The van der Waals surface area contributed by atoms with Crippen molar-refractivity contribution in [1.29, 1.82) is 5.26 Å². The molecule has 1 heterocycles. The minimum atomic E-state index is -0.771. The normalized spacial score (nSPS) is 11.5. The van der Waals surface area contributed by atoms with Gasteiger partial charge in [0.25, 0.3) is 5.91 Å². The highest BCUT2D eigenvalue weighted by molar-refractivity contribution is 5.95. The van der Waals surface area contributed by atoms with E-state index in [1.807, 2.05) is 49.5 Å². The predicted molar refractivity (Wildman–Crippen MR) is 109 cm³/mol. The lowest BCUT2D eigenvalue weighted by Crippen LogP contribution is -2.27. The summed E-state index contributed by atoms with van der Waals surface area (Å²) in [5.74, 6) is -0.288. The molecule has 0 aliphatic carbocycles. The van der Waals surface area contributed by atoms with Gasteiger partial charge >= 0.3 is 0 Å². The molecular formula is C22H23N5O. The van der Waals surface area contributed by atoms with Gasteiger partial charge in [-0.1, -0.05) is 25.1 Å². The van der Waals surface area contributed by atoms with Crippen LogP contribution in [0.15, 0.2) is 67.0 Å². The molecule has 0 bridgehead atoms. The van der Waals surface area contributed by atoms with E-state index in [9.17, 15) is 10.1 Å². The van der Waals surface area contributed by atoms with Gasteiger partial charge in [-0.2, -0.15) is 10.4 Å². The standard InChI is InChI=1S/C22H23N5O/c1-3-13-26(2)19-11-9-17(10-12-19)22(28)25-21(14-23)18-15-24-27(16-18)20-7-5-4-6-8-20/h4-12,15-16,21H,3,13H2,1-2H3,(H,25,28). The van der Waals surface area contributed by atoms with Gasteiger partial charge in [-0.25, -0.2) is 4.68 Å². The Bertz CT molecular complexity index is 957. The van der Waals surface area contributed by atoms with E-state index in [4.69, 9.17) is 0 Å². The van der Waals surface area contributed by atoms with E-state index in [1.54, 1.807) is 29.2 Å². The van der Waals surface area contributed by atoms with E-state index in [2.05, 4.69) is 28.3 Å². The number of anilines is 1. The summed E-state index contributed by atoms with van der Waals surface area (Å²) in [5, 5.41) is 16.6. The molecule has 2 aromatic carbocycles. The van der Waals surface area contributed by atoms with Crippen LogP contribution in [0, 0.1) is 11.3 Å². The highest BCUT2D eigenvalue weighted by Crippen LogP contribution is 2.17. The number of benzene rings is 2. The lowest BCUT2D eigenvalue weighted by atomic mass is 10.1. The van der Waals surface area contributed by atoms with Gasteiger partial charge in [0.2, 0.25) is 0 Å². The van der Waals surface area contributed by atoms with E-state index in [1.165, 1.54) is 0 Å². The van der Waals surface area contributed by atoms with Gasteiger partial charge < -0.3 is 10.2 Å². The molecule has 1 unspecified atom stereocenters. The van der Waals surface area contributed by atoms with Crippen molar-refractivity contribution in [3.05, 3.63) is 78.1 Å². The lowest BCUT2D eigenvalue weighted by molar-refractivity contribution is 0.0945. The Morgan fingerprint density at radius 3 is 2.57 bits per heavy atom. The Hall–Kier alpha value is -3.59. The number of para-hydroxylation sites is 1. The first-order chi connectivity index (χ1) is 13.6. The summed E-state index contributed by atoms with van der Waals surface area (Å²) in [5.41, 5.74) is 3.10. The molecule has 6 nitrogen and oxygen atoms in total. The van der Waals surface area contributed by atoms with Gasteiger partial charge in [0.05, 0.1) is 18.0 Å². The maximum absolute atomic E-state index is 12.6. The summed E-state index contributed by atoms with van der Waals surface area (Å²) in [7, 11) is 2.02. The molecule has 0 aliphatic heterocycles. The van der Waals surface area contributed by atoms with Crippen molar-refractivity contribution < 1.29 is 4.79 Å². The molecule has 0 aliphatic rings. The number of amides is 1. The van der Waals surface area contributed by atoms with Crippen molar-refractivity contribution in [1.82, 2.24) is 15.1 Å². The number of aromatic nitrogens is 2. The molecular weight excluding hydrogens is 350 g/mol. The predicted octanol–water partition coefficient (Wildman–Crippen LogP) is 3.71. The highest BCUT2D eigenvalue weighted by Gasteiger charge is 2.17. The van der Waals surface area contributed by atoms with Crippen LogP contribution in [0.25, 0.3) is 5.69 Å². The molecule has 142 valence electrons. The Labute approximate surface area is 165 Å². The summed E-state index contributed by atoms with van der Waals surface area (Å²) in [6.07, 6.45) is 4.41. The Morgan fingerprint density at radius 2 is 1.93 bits per heavy atom. The van der Waals surface area contributed by atoms with Crippen LogP contribution in [0.4, 0.5) is 5.69 Å². The summed E-state index contributed by atoms with van der Waals surface area (Å²) in [6, 6.07) is 18.4. The number of hydrogen-bond donors (Lipinski definition) is 1. The van der Waals surface area contributed by atoms with E-state index >= 15 is 0 Å². The fourth-order valence-electron chi connectivity index (χ4n) is 2.94. The van der Waals surface area contributed by atoms with Gasteiger partial charge in [-0.3, -0.25) is 4.79 Å². The van der Waals surface area contributed by atoms with Crippen molar-refractivity contribution in [2.24, 2.45) is 0 Å². The maximum Gasteiger partial charge on any atom is 0.252 e. The smallest absolute Gasteiger partial charge is 0.252 e. The first-order valence-electron chi connectivity index (χ1n) is 9.24. The minimum Gasteiger partial charge on any atom is -0.375 e. The Balaban J connectivity index is 1.70. The Morgan fingerprint density at radius 1 is 1.21 bits per heavy atom. The number of nitrogens with one attached hydrogen (secondary N) is 1. The number of nitrogens with zero attached hydrogens (tertiary/aromatic N) is 4. The number of hydrogen-bond acceptors (Lipinski definition) is 4. The SMILES string of the molecule is CCCN(C)c1ccc(C(=O)NC(C#N)c2cnn(-c3ccccc3)c2)cc1. The second-order valence-electron chi connectivity index (χ2n) is 6.56. The van der Waals surface area contributed by atoms with Gasteiger partial charge in [-0.15, -0.1) is 0 Å². The van der Waals surface area contributed by atoms with Crippen LogP contribution in [0.5, 0.6) is 0 Å². The molecule has 1 amide bonds. The maximum atomic E-state index is 12.6. The van der Waals surface area contributed by atoms with Crippen LogP contribution in [0.1, 0.15) is 35.3 Å². The lowest BCUT2D eigenvalue weighted by Gasteiger charge is -2.18. The van der Waals surface area contributed by atoms with Crippen LogP contribution in [0.2, 0.25) is 0 Å². The molecule has 0 spiro atoms. The summed E-state index contributed by atoms with van der Waals surface area (Å²) in [6.45, 7) is 3.08. The third kappa shape index (κ3) is 4.38. The van der Waals surface area contributed by atoms with Gasteiger partial charge in [-0.05, 0) is 42.8 Å². The molecule has 3 rings (SSSR count). The van der Waals surface area contributed by atoms with Crippen LogP contribution in [0.3, 0.4) is 0 Å². The summed E-state index contributed by atoms with van der Waals surface area (Å²) < 4.78 is 1.68. The average molecular weight is 373 g/mol. The van der Waals surface area contributed by atoms with E-state index in [0.717, 1.165) is 24.3 Å². The van der Waals surface area contributed by atoms with Gasteiger partial charge in [0.1, 0.15) is 6.04 Å². The third-order valence-corrected chi connectivity index (χ3v) is 4.49. The Kier molecular flexibility index (Phi) is 6.07. The number of carbonyl (C=O) groups is 1. The molecule has 0 fully saturated rings. The van der Waals surface area contributed by atoms with E-state index < -0.39 is 6.04 Å². The molecule has 28 heavy (non-hydrogen) atoms. The number of rotatable bonds is 7. The van der Waals surface area contributed by atoms with Gasteiger partial charge in [0, 0.05) is 36.6 Å². The summed E-state index contributed by atoms with van der Waals surface area (Å²) in [4.78, 5) is 14.7. The van der Waals surface area contributed by atoms with Gasteiger partial charge in [0.15, 0.2) is 0 Å². The van der Waals surface area contributed by atoms with Crippen LogP contribution in [-0.4, -0.2) is 29.3 Å². The fraction of sp³-hybridized carbons (Fsp3) is 0.227. The average Bonchev–Trinajstić information content (AvgIpc) is 3.23. The molecule has 0 saturated carbocycles. The highest BCUT2D eigenvalue weighted by atomic mass is 16.1. The monoisotopic (exact) mass is 373 g/mol. The zero-order valence-electron chi connectivity index (χ0n) is 16.0. The first-order valence-corrected chi connectivity index (χ1v) is 9.24. The minimum absolute atomic E-state index is 0.288. The van der Waals surface area contributed by atoms with Crippen molar-refractivity contribution in [2.45, 2.75) is 19.4 Å². The first kappa shape index (κ1) is 19.2. The van der Waals surface area contributed by atoms with Crippen molar-refractivity contribution in [3.63, 3.8) is 0 Å². The summed E-state index contributed by atoms with van der Waals surface area (Å²) >= 11 is 0. The fourth-order valence-corrected chi connectivity index (χ4v) is 2.94. The van der Waals surface area contributed by atoms with Crippen molar-refractivity contribution in [2.75, 3.05) is 18.5 Å². The topological polar surface area (TPSA) is 74.0 Å². The second-order valence-corrected chi connectivity index (χ2v) is 6.56. The van der Waals surface area contributed by atoms with Crippen LogP contribution in [-0.2, 0) is 0 Å². The molecule has 1 atom stereocenters. The molecule has 6 heteroatoms. The van der Waals surface area contributed by atoms with E-state index in [-0.39, 0.29) is 5.91 Å². The molecule has 0 radical (unpaired) electrons. The van der Waals surface area contributed by atoms with Crippen molar-refractivity contribution in [3.8, 4) is 11.8 Å². The van der Waals surface area contributed by atoms with E-state index in [0.29, 0.717) is 11.1 Å². The molecule has 0 saturated heterocycles. The second kappa shape index (κ2) is 8.87. The van der Waals surface area contributed by atoms with Crippen molar-refractivity contribution >= 4 is 11.6 Å². The number of carbonyl (C=O) groups excluding carboxylic acids is 1. The largest absolute Gasteiger partial charge is 0.375 e. The number of nitriles is 1. The molecule has 1 N–H and O–H groups in total. The quantitative estimate of drug-likeness (QED) is 0.685.